The molecule has 1 aromatic rings. The third-order valence-corrected chi connectivity index (χ3v) is 4.54. The van der Waals surface area contributed by atoms with Gasteiger partial charge >= 0.3 is 0 Å². The summed E-state index contributed by atoms with van der Waals surface area (Å²) in [6, 6.07) is 2.39. The Bertz CT molecular complexity index is 382. The van der Waals surface area contributed by atoms with Crippen molar-refractivity contribution in [3.8, 4) is 0 Å². The van der Waals surface area contributed by atoms with E-state index in [1.807, 2.05) is 11.3 Å². The van der Waals surface area contributed by atoms with Crippen molar-refractivity contribution in [2.24, 2.45) is 11.8 Å². The molecule has 0 aliphatic heterocycles. The number of hydrogen-bond donors (Lipinski definition) is 1. The summed E-state index contributed by atoms with van der Waals surface area (Å²) >= 11 is 1.94. The predicted molar refractivity (Wildman–Crippen MR) is 91.4 cm³/mol. The first-order chi connectivity index (χ1) is 9.38. The Hall–Kier alpha value is -0.380. The van der Waals surface area contributed by atoms with Gasteiger partial charge in [-0.05, 0) is 56.9 Å². The molecule has 1 rings (SSSR count). The van der Waals surface area contributed by atoms with E-state index >= 15 is 0 Å². The lowest BCUT2D eigenvalue weighted by Gasteiger charge is -2.17. The smallest absolute Gasteiger partial charge is 0.0300 e. The molecular formula is C17H32N2S. The van der Waals surface area contributed by atoms with Gasteiger partial charge in [0.05, 0.1) is 0 Å². The topological polar surface area (TPSA) is 15.3 Å². The van der Waals surface area contributed by atoms with E-state index in [0.717, 1.165) is 31.5 Å². The van der Waals surface area contributed by atoms with Crippen molar-refractivity contribution in [1.29, 1.82) is 0 Å². The summed E-state index contributed by atoms with van der Waals surface area (Å²) < 4.78 is 0. The van der Waals surface area contributed by atoms with E-state index in [9.17, 15) is 0 Å². The number of hydrogen-bond acceptors (Lipinski definition) is 3. The maximum atomic E-state index is 3.53. The minimum Gasteiger partial charge on any atom is -0.312 e. The van der Waals surface area contributed by atoms with Crippen LogP contribution in [0, 0.1) is 18.8 Å². The molecule has 1 N–H and O–H groups in total. The molecule has 0 fully saturated rings. The van der Waals surface area contributed by atoms with E-state index in [0.29, 0.717) is 0 Å². The highest BCUT2D eigenvalue weighted by Crippen LogP contribution is 2.23. The zero-order valence-corrected chi connectivity index (χ0v) is 14.9. The van der Waals surface area contributed by atoms with Gasteiger partial charge in [-0.1, -0.05) is 27.7 Å². The summed E-state index contributed by atoms with van der Waals surface area (Å²) in [5.41, 5.74) is 1.50. The lowest BCUT2D eigenvalue weighted by molar-refractivity contribution is 0.303. The molecule has 0 spiro atoms. The van der Waals surface area contributed by atoms with Crippen molar-refractivity contribution in [2.75, 3.05) is 20.1 Å². The fraction of sp³-hybridized carbons (Fsp3) is 0.765. The van der Waals surface area contributed by atoms with E-state index in [1.165, 1.54) is 28.3 Å². The van der Waals surface area contributed by atoms with Crippen LogP contribution in [0.5, 0.6) is 0 Å². The summed E-state index contributed by atoms with van der Waals surface area (Å²) in [7, 11) is 2.23. The minimum absolute atomic E-state index is 0.720. The van der Waals surface area contributed by atoms with Crippen LogP contribution in [0.2, 0.25) is 0 Å². The first-order valence-corrected chi connectivity index (χ1v) is 8.67. The fourth-order valence-electron chi connectivity index (χ4n) is 2.16. The highest BCUT2D eigenvalue weighted by molar-refractivity contribution is 7.12. The van der Waals surface area contributed by atoms with Crippen LogP contribution in [0.15, 0.2) is 6.07 Å². The fourth-order valence-corrected chi connectivity index (χ4v) is 3.19. The number of aryl methyl sites for hydroxylation is 1. The number of rotatable bonds is 9. The van der Waals surface area contributed by atoms with Crippen molar-refractivity contribution in [2.45, 2.75) is 54.1 Å². The lowest BCUT2D eigenvalue weighted by Crippen LogP contribution is -2.20. The van der Waals surface area contributed by atoms with Crippen molar-refractivity contribution in [1.82, 2.24) is 10.2 Å². The van der Waals surface area contributed by atoms with Crippen LogP contribution in [-0.4, -0.2) is 25.0 Å². The zero-order valence-electron chi connectivity index (χ0n) is 14.1. The maximum Gasteiger partial charge on any atom is 0.0300 e. The van der Waals surface area contributed by atoms with E-state index in [1.54, 1.807) is 0 Å². The molecule has 0 saturated heterocycles. The number of nitrogens with one attached hydrogen (secondary N) is 1. The van der Waals surface area contributed by atoms with Crippen LogP contribution in [-0.2, 0) is 13.1 Å². The van der Waals surface area contributed by atoms with Gasteiger partial charge in [0.1, 0.15) is 0 Å². The molecule has 116 valence electrons. The van der Waals surface area contributed by atoms with Gasteiger partial charge in [0.15, 0.2) is 0 Å². The second kappa shape index (κ2) is 8.81. The van der Waals surface area contributed by atoms with Crippen molar-refractivity contribution in [3.05, 3.63) is 21.4 Å². The zero-order chi connectivity index (χ0) is 15.1. The van der Waals surface area contributed by atoms with Crippen LogP contribution >= 0.6 is 11.3 Å². The Morgan fingerprint density at radius 1 is 1.20 bits per heavy atom. The third-order valence-electron chi connectivity index (χ3n) is 3.45. The Balaban J connectivity index is 2.44. The van der Waals surface area contributed by atoms with Gasteiger partial charge in [0, 0.05) is 22.8 Å². The van der Waals surface area contributed by atoms with Gasteiger partial charge in [-0.15, -0.1) is 11.3 Å². The molecule has 3 heteroatoms. The average Bonchev–Trinajstić information content (AvgIpc) is 2.67. The molecule has 0 amide bonds. The Morgan fingerprint density at radius 3 is 2.50 bits per heavy atom. The highest BCUT2D eigenvalue weighted by atomic mass is 32.1. The van der Waals surface area contributed by atoms with Gasteiger partial charge in [0.25, 0.3) is 0 Å². The molecular weight excluding hydrogens is 264 g/mol. The highest BCUT2D eigenvalue weighted by Gasteiger charge is 2.08. The molecule has 0 aliphatic carbocycles. The monoisotopic (exact) mass is 296 g/mol. The molecule has 0 aliphatic rings. The maximum absolute atomic E-state index is 3.53. The second-order valence-electron chi connectivity index (χ2n) is 6.74. The first kappa shape index (κ1) is 17.7. The second-order valence-corrected chi connectivity index (χ2v) is 8.08. The van der Waals surface area contributed by atoms with Crippen LogP contribution in [0.4, 0.5) is 0 Å². The molecule has 2 nitrogen and oxygen atoms in total. The summed E-state index contributed by atoms with van der Waals surface area (Å²) in [5.74, 6) is 1.51. The summed E-state index contributed by atoms with van der Waals surface area (Å²) in [6.45, 7) is 15.7. The molecule has 0 unspecified atom stereocenters. The van der Waals surface area contributed by atoms with E-state index in [2.05, 4.69) is 57.9 Å². The Labute approximate surface area is 129 Å². The van der Waals surface area contributed by atoms with Crippen molar-refractivity contribution < 1.29 is 0 Å². The SMILES string of the molecule is Cc1sc(CNCC(C)C)cc1CN(C)CCC(C)C. The van der Waals surface area contributed by atoms with Crippen LogP contribution in [0.3, 0.4) is 0 Å². The van der Waals surface area contributed by atoms with Gasteiger partial charge in [-0.2, -0.15) is 0 Å². The summed E-state index contributed by atoms with van der Waals surface area (Å²) in [6.07, 6.45) is 1.28. The molecule has 0 saturated carbocycles. The molecule has 0 radical (unpaired) electrons. The van der Waals surface area contributed by atoms with Gasteiger partial charge in [-0.3, -0.25) is 0 Å². The molecule has 0 atom stereocenters. The van der Waals surface area contributed by atoms with E-state index in [-0.39, 0.29) is 0 Å². The quantitative estimate of drug-likeness (QED) is 0.731. The van der Waals surface area contributed by atoms with Gasteiger partial charge < -0.3 is 10.2 Å². The molecule has 1 heterocycles. The predicted octanol–water partition coefficient (Wildman–Crippen LogP) is 4.28. The lowest BCUT2D eigenvalue weighted by atomic mass is 10.1. The molecule has 1 aromatic heterocycles. The van der Waals surface area contributed by atoms with Crippen LogP contribution in [0.1, 0.15) is 49.4 Å². The van der Waals surface area contributed by atoms with Crippen molar-refractivity contribution in [3.63, 3.8) is 0 Å². The summed E-state index contributed by atoms with van der Waals surface area (Å²) in [5, 5.41) is 3.53. The van der Waals surface area contributed by atoms with E-state index < -0.39 is 0 Å². The number of nitrogens with zero attached hydrogens (tertiary/aromatic N) is 1. The molecule has 0 bridgehead atoms. The average molecular weight is 297 g/mol. The molecule has 20 heavy (non-hydrogen) atoms. The van der Waals surface area contributed by atoms with Gasteiger partial charge in [-0.25, -0.2) is 0 Å². The molecule has 0 aromatic carbocycles. The Morgan fingerprint density at radius 2 is 1.90 bits per heavy atom. The van der Waals surface area contributed by atoms with Crippen LogP contribution < -0.4 is 5.32 Å². The normalized spacial score (nSPS) is 12.1. The summed E-state index contributed by atoms with van der Waals surface area (Å²) in [4.78, 5) is 5.39. The third kappa shape index (κ3) is 6.87. The van der Waals surface area contributed by atoms with Crippen molar-refractivity contribution >= 4 is 11.3 Å². The number of thiophene rings is 1. The minimum atomic E-state index is 0.720. The van der Waals surface area contributed by atoms with E-state index in [4.69, 9.17) is 0 Å². The van der Waals surface area contributed by atoms with Crippen LogP contribution in [0.25, 0.3) is 0 Å². The largest absolute Gasteiger partial charge is 0.312 e. The Kier molecular flexibility index (Phi) is 7.78. The first-order valence-electron chi connectivity index (χ1n) is 7.86. The van der Waals surface area contributed by atoms with Gasteiger partial charge in [0.2, 0.25) is 0 Å². The standard InChI is InChI=1S/C17H32N2S/c1-13(2)7-8-19(6)12-16-9-17(20-15(16)5)11-18-10-14(3)4/h9,13-14,18H,7-8,10-12H2,1-6H3.